The van der Waals surface area contributed by atoms with E-state index in [1.54, 1.807) is 11.8 Å². The molecule has 0 saturated carbocycles. The van der Waals surface area contributed by atoms with Gasteiger partial charge in [-0.2, -0.15) is 0 Å². The van der Waals surface area contributed by atoms with Gasteiger partial charge in [-0.3, -0.25) is 4.79 Å². The number of hydrogen-bond donors (Lipinski definition) is 2. The fourth-order valence-electron chi connectivity index (χ4n) is 1.67. The summed E-state index contributed by atoms with van der Waals surface area (Å²) < 4.78 is 0. The van der Waals surface area contributed by atoms with Crippen molar-refractivity contribution in [3.8, 4) is 0 Å². The molecule has 2 N–H and O–H groups in total. The second kappa shape index (κ2) is 8.32. The van der Waals surface area contributed by atoms with E-state index >= 15 is 0 Å². The second-order valence-corrected chi connectivity index (χ2v) is 6.98. The molecule has 0 aliphatic carbocycles. The zero-order chi connectivity index (χ0) is 15.0. The Balaban J connectivity index is 2.12. The maximum Gasteiger partial charge on any atom is 0.230 e. The summed E-state index contributed by atoms with van der Waals surface area (Å²) in [5, 5.41) is 12.7. The van der Waals surface area contributed by atoms with E-state index in [1.807, 2.05) is 39.0 Å². The minimum atomic E-state index is -0.389. The van der Waals surface area contributed by atoms with Gasteiger partial charge in [0, 0.05) is 12.3 Å². The number of nitrogens with one attached hydrogen (secondary N) is 1. The molecule has 0 fully saturated rings. The molecule has 1 atom stereocenters. The molecule has 0 radical (unpaired) electrons. The summed E-state index contributed by atoms with van der Waals surface area (Å²) in [6, 6.07) is 10.1. The Kier molecular flexibility index (Phi) is 7.10. The molecule has 20 heavy (non-hydrogen) atoms. The number of carbonyl (C=O) groups excluding carboxylic acids is 1. The summed E-state index contributed by atoms with van der Waals surface area (Å²) in [7, 11) is 0. The molecule has 1 aromatic rings. The first-order valence-corrected chi connectivity index (χ1v) is 8.11. The molecule has 3 nitrogen and oxygen atoms in total. The molecule has 1 unspecified atom stereocenters. The predicted molar refractivity (Wildman–Crippen MR) is 85.7 cm³/mol. The maximum atomic E-state index is 11.7. The maximum absolute atomic E-state index is 11.7. The quantitative estimate of drug-likeness (QED) is 0.813. The molecule has 1 rings (SSSR count). The first-order chi connectivity index (χ1) is 9.39. The van der Waals surface area contributed by atoms with Crippen molar-refractivity contribution in [3.05, 3.63) is 35.9 Å². The van der Waals surface area contributed by atoms with Crippen molar-refractivity contribution in [3.63, 3.8) is 0 Å². The number of carbonyl (C=O) groups is 1. The van der Waals surface area contributed by atoms with Crippen LogP contribution in [0.15, 0.2) is 30.3 Å². The van der Waals surface area contributed by atoms with Gasteiger partial charge in [-0.15, -0.1) is 11.8 Å². The molecule has 0 bridgehead atoms. The Labute approximate surface area is 126 Å². The first-order valence-electron chi connectivity index (χ1n) is 6.96. The Hall–Kier alpha value is -1.00. The summed E-state index contributed by atoms with van der Waals surface area (Å²) in [4.78, 5) is 11.7. The number of rotatable bonds is 7. The summed E-state index contributed by atoms with van der Waals surface area (Å²) in [5.41, 5.74) is 1.10. The van der Waals surface area contributed by atoms with Gasteiger partial charge in [0.15, 0.2) is 0 Å². The summed E-state index contributed by atoms with van der Waals surface area (Å²) >= 11 is 1.60. The van der Waals surface area contributed by atoms with Crippen LogP contribution >= 0.6 is 11.8 Å². The highest BCUT2D eigenvalue weighted by atomic mass is 32.2. The van der Waals surface area contributed by atoms with Crippen LogP contribution in [-0.2, 0) is 10.5 Å². The minimum Gasteiger partial charge on any atom is -0.393 e. The number of benzene rings is 1. The summed E-state index contributed by atoms with van der Waals surface area (Å²) in [5.74, 6) is 1.34. The van der Waals surface area contributed by atoms with Crippen LogP contribution < -0.4 is 5.32 Å². The lowest BCUT2D eigenvalue weighted by Crippen LogP contribution is -2.33. The van der Waals surface area contributed by atoms with Crippen LogP contribution in [0.2, 0.25) is 0 Å². The largest absolute Gasteiger partial charge is 0.393 e. The number of aliphatic hydroxyl groups excluding tert-OH is 1. The average molecular weight is 295 g/mol. The summed E-state index contributed by atoms with van der Waals surface area (Å²) in [6.07, 6.45) is 0.207. The van der Waals surface area contributed by atoms with Crippen LogP contribution in [0.4, 0.5) is 0 Å². The van der Waals surface area contributed by atoms with Crippen molar-refractivity contribution in [1.29, 1.82) is 0 Å². The van der Waals surface area contributed by atoms with Crippen molar-refractivity contribution in [2.75, 3.05) is 12.3 Å². The predicted octanol–water partition coefficient (Wildman–Crippen LogP) is 2.83. The van der Waals surface area contributed by atoms with E-state index in [0.29, 0.717) is 18.7 Å². The lowest BCUT2D eigenvalue weighted by Gasteiger charge is -2.25. The van der Waals surface area contributed by atoms with E-state index < -0.39 is 0 Å². The standard InChI is InChI=1S/C16H25NO2S/c1-16(2,3)14(18)9-10-17-15(19)12-20-11-13-7-5-4-6-8-13/h4-8,14,18H,9-12H2,1-3H3,(H,17,19). The van der Waals surface area contributed by atoms with Crippen molar-refractivity contribution in [1.82, 2.24) is 5.32 Å². The van der Waals surface area contributed by atoms with Crippen LogP contribution in [0, 0.1) is 5.41 Å². The lowest BCUT2D eigenvalue weighted by molar-refractivity contribution is -0.118. The Morgan fingerprint density at radius 2 is 1.95 bits per heavy atom. The fraction of sp³-hybridized carbons (Fsp3) is 0.562. The second-order valence-electron chi connectivity index (χ2n) is 6.00. The molecule has 0 aliphatic rings. The van der Waals surface area contributed by atoms with E-state index in [1.165, 1.54) is 5.56 Å². The Bertz CT molecular complexity index is 401. The van der Waals surface area contributed by atoms with Gasteiger partial charge in [0.2, 0.25) is 5.91 Å². The van der Waals surface area contributed by atoms with E-state index in [2.05, 4.69) is 17.4 Å². The fourth-order valence-corrected chi connectivity index (χ4v) is 2.49. The molecule has 1 amide bonds. The first kappa shape index (κ1) is 17.1. The normalized spacial score (nSPS) is 13.0. The average Bonchev–Trinajstić information content (AvgIpc) is 2.38. The topological polar surface area (TPSA) is 49.3 Å². The molecule has 1 aromatic carbocycles. The SMILES string of the molecule is CC(C)(C)C(O)CCNC(=O)CSCc1ccccc1. The van der Waals surface area contributed by atoms with Crippen LogP contribution in [0.5, 0.6) is 0 Å². The molecule has 0 spiro atoms. The van der Waals surface area contributed by atoms with Gasteiger partial charge in [0.1, 0.15) is 0 Å². The van der Waals surface area contributed by atoms with Gasteiger partial charge in [-0.05, 0) is 17.4 Å². The minimum absolute atomic E-state index is 0.0343. The van der Waals surface area contributed by atoms with Crippen LogP contribution in [0.1, 0.15) is 32.8 Å². The smallest absolute Gasteiger partial charge is 0.230 e. The van der Waals surface area contributed by atoms with Crippen LogP contribution in [0.3, 0.4) is 0 Å². The van der Waals surface area contributed by atoms with Gasteiger partial charge in [0.05, 0.1) is 11.9 Å². The molecule has 0 saturated heterocycles. The summed E-state index contributed by atoms with van der Waals surface area (Å²) in [6.45, 7) is 6.52. The van der Waals surface area contributed by atoms with Gasteiger partial charge < -0.3 is 10.4 Å². The van der Waals surface area contributed by atoms with Crippen LogP contribution in [-0.4, -0.2) is 29.4 Å². The Morgan fingerprint density at radius 1 is 1.30 bits per heavy atom. The molecular formula is C16H25NO2S. The van der Waals surface area contributed by atoms with Crippen molar-refractivity contribution < 1.29 is 9.90 Å². The number of aliphatic hydroxyl groups is 1. The van der Waals surface area contributed by atoms with Crippen LogP contribution in [0.25, 0.3) is 0 Å². The van der Waals surface area contributed by atoms with E-state index in [0.717, 1.165) is 5.75 Å². The lowest BCUT2D eigenvalue weighted by atomic mass is 9.87. The van der Waals surface area contributed by atoms with Gasteiger partial charge in [0.25, 0.3) is 0 Å². The molecule has 0 heterocycles. The highest BCUT2D eigenvalue weighted by Crippen LogP contribution is 2.20. The molecule has 0 aromatic heterocycles. The molecule has 0 aliphatic heterocycles. The number of thioether (sulfide) groups is 1. The third-order valence-electron chi connectivity index (χ3n) is 3.08. The Morgan fingerprint density at radius 3 is 2.55 bits per heavy atom. The van der Waals surface area contributed by atoms with Gasteiger partial charge in [-0.25, -0.2) is 0 Å². The number of amides is 1. The monoisotopic (exact) mass is 295 g/mol. The van der Waals surface area contributed by atoms with Gasteiger partial charge >= 0.3 is 0 Å². The van der Waals surface area contributed by atoms with E-state index in [9.17, 15) is 9.90 Å². The highest BCUT2D eigenvalue weighted by molar-refractivity contribution is 7.99. The van der Waals surface area contributed by atoms with Crippen molar-refractivity contribution in [2.45, 2.75) is 39.0 Å². The molecular weight excluding hydrogens is 270 g/mol. The van der Waals surface area contributed by atoms with E-state index in [4.69, 9.17) is 0 Å². The third kappa shape index (κ3) is 6.96. The highest BCUT2D eigenvalue weighted by Gasteiger charge is 2.21. The van der Waals surface area contributed by atoms with Crippen molar-refractivity contribution >= 4 is 17.7 Å². The van der Waals surface area contributed by atoms with Crippen molar-refractivity contribution in [2.24, 2.45) is 5.41 Å². The zero-order valence-corrected chi connectivity index (χ0v) is 13.4. The number of hydrogen-bond acceptors (Lipinski definition) is 3. The zero-order valence-electron chi connectivity index (χ0n) is 12.6. The molecule has 112 valence electrons. The third-order valence-corrected chi connectivity index (χ3v) is 4.09. The molecule has 4 heteroatoms. The van der Waals surface area contributed by atoms with Gasteiger partial charge in [-0.1, -0.05) is 51.1 Å². The van der Waals surface area contributed by atoms with E-state index in [-0.39, 0.29) is 17.4 Å².